The van der Waals surface area contributed by atoms with Gasteiger partial charge in [0.2, 0.25) is 5.91 Å². The van der Waals surface area contributed by atoms with Crippen LogP contribution in [0, 0.1) is 5.92 Å². The topological polar surface area (TPSA) is 84.0 Å². The van der Waals surface area contributed by atoms with Gasteiger partial charge in [0, 0.05) is 34.0 Å². The molecule has 2 atom stereocenters. The van der Waals surface area contributed by atoms with Crippen molar-refractivity contribution in [3.8, 4) is 0 Å². The summed E-state index contributed by atoms with van der Waals surface area (Å²) in [7, 11) is 0. The Balaban J connectivity index is 1.51. The summed E-state index contributed by atoms with van der Waals surface area (Å²) < 4.78 is -1.32. The van der Waals surface area contributed by atoms with Crippen LogP contribution in [0.5, 0.6) is 0 Å². The second-order valence-corrected chi connectivity index (χ2v) is 9.79. The summed E-state index contributed by atoms with van der Waals surface area (Å²) in [6.45, 7) is 0. The molecule has 6 nitrogen and oxygen atoms in total. The van der Waals surface area contributed by atoms with E-state index in [0.717, 1.165) is 0 Å². The SMILES string of the molecule is O=C(Nc1cnccn1)c1cc(NC(=O)C2C(c3cc(Cl)cc(Cl)c3)C2(Cl)Cl)ccc1Cl. The fraction of sp³-hybridized carbons (Fsp3) is 0.143. The Morgan fingerprint density at radius 2 is 1.66 bits per heavy atom. The number of rotatable bonds is 5. The van der Waals surface area contributed by atoms with Crippen LogP contribution >= 0.6 is 58.0 Å². The van der Waals surface area contributed by atoms with E-state index in [1.807, 2.05) is 0 Å². The van der Waals surface area contributed by atoms with Gasteiger partial charge in [0.1, 0.15) is 4.33 Å². The number of hydrogen-bond acceptors (Lipinski definition) is 4. The summed E-state index contributed by atoms with van der Waals surface area (Å²) in [5.41, 5.74) is 1.16. The molecule has 11 heteroatoms. The minimum atomic E-state index is -1.32. The number of hydrogen-bond donors (Lipinski definition) is 2. The molecule has 0 saturated heterocycles. The third kappa shape index (κ3) is 4.80. The highest BCUT2D eigenvalue weighted by Crippen LogP contribution is 2.65. The molecule has 2 amide bonds. The molecular weight excluding hydrogens is 518 g/mol. The van der Waals surface area contributed by atoms with E-state index in [4.69, 9.17) is 58.0 Å². The highest BCUT2D eigenvalue weighted by molar-refractivity contribution is 6.53. The second-order valence-electron chi connectivity index (χ2n) is 7.06. The molecule has 1 saturated carbocycles. The van der Waals surface area contributed by atoms with Crippen molar-refractivity contribution in [1.82, 2.24) is 9.97 Å². The molecule has 2 aromatic carbocycles. The van der Waals surface area contributed by atoms with Crippen LogP contribution in [-0.4, -0.2) is 26.1 Å². The molecule has 1 fully saturated rings. The number of halogens is 5. The van der Waals surface area contributed by atoms with Crippen LogP contribution in [0.15, 0.2) is 55.0 Å². The molecule has 2 N–H and O–H groups in total. The number of carbonyl (C=O) groups excluding carboxylic acids is 2. The van der Waals surface area contributed by atoms with Gasteiger partial charge < -0.3 is 10.6 Å². The normalized spacial score (nSPS) is 18.7. The second kappa shape index (κ2) is 9.04. The van der Waals surface area contributed by atoms with Crippen LogP contribution < -0.4 is 10.6 Å². The van der Waals surface area contributed by atoms with E-state index in [-0.39, 0.29) is 16.4 Å². The lowest BCUT2D eigenvalue weighted by Gasteiger charge is -2.10. The Hall–Kier alpha value is -2.09. The lowest BCUT2D eigenvalue weighted by Crippen LogP contribution is -2.18. The summed E-state index contributed by atoms with van der Waals surface area (Å²) in [5, 5.41) is 6.36. The number of aromatic nitrogens is 2. The maximum Gasteiger partial charge on any atom is 0.258 e. The van der Waals surface area contributed by atoms with Gasteiger partial charge in [-0.05, 0) is 42.0 Å². The smallest absolute Gasteiger partial charge is 0.258 e. The lowest BCUT2D eigenvalue weighted by atomic mass is 10.1. The summed E-state index contributed by atoms with van der Waals surface area (Å²) in [4.78, 5) is 33.4. The number of anilines is 2. The molecule has 1 aliphatic rings. The van der Waals surface area contributed by atoms with Crippen molar-refractivity contribution in [3.05, 3.63) is 81.2 Å². The van der Waals surface area contributed by atoms with Crippen LogP contribution in [-0.2, 0) is 4.79 Å². The van der Waals surface area contributed by atoms with Gasteiger partial charge in [-0.3, -0.25) is 14.6 Å². The Kier molecular flexibility index (Phi) is 6.52. The summed E-state index contributed by atoms with van der Waals surface area (Å²) >= 11 is 31.1. The molecule has 1 aliphatic carbocycles. The maximum atomic E-state index is 12.9. The quantitative estimate of drug-likeness (QED) is 0.384. The number of alkyl halides is 2. The largest absolute Gasteiger partial charge is 0.326 e. The van der Waals surface area contributed by atoms with Crippen molar-refractivity contribution < 1.29 is 9.59 Å². The molecule has 0 bridgehead atoms. The molecule has 32 heavy (non-hydrogen) atoms. The zero-order valence-electron chi connectivity index (χ0n) is 16.0. The first-order valence-corrected chi connectivity index (χ1v) is 11.1. The summed E-state index contributed by atoms with van der Waals surface area (Å²) in [6, 6.07) is 9.43. The van der Waals surface area contributed by atoms with Crippen LogP contribution in [0.25, 0.3) is 0 Å². The monoisotopic (exact) mass is 528 g/mol. The average molecular weight is 531 g/mol. The van der Waals surface area contributed by atoms with E-state index in [0.29, 0.717) is 21.3 Å². The van der Waals surface area contributed by atoms with E-state index in [1.54, 1.807) is 24.3 Å². The van der Waals surface area contributed by atoms with Crippen molar-refractivity contribution in [2.75, 3.05) is 10.6 Å². The predicted octanol–water partition coefficient (Wildman–Crippen LogP) is 6.22. The Labute approximate surface area is 208 Å². The van der Waals surface area contributed by atoms with Crippen molar-refractivity contribution in [2.45, 2.75) is 10.3 Å². The maximum absolute atomic E-state index is 12.9. The van der Waals surface area contributed by atoms with Crippen molar-refractivity contribution >= 4 is 81.3 Å². The molecule has 3 aromatic rings. The van der Waals surface area contributed by atoms with Crippen molar-refractivity contribution in [2.24, 2.45) is 5.92 Å². The van der Waals surface area contributed by atoms with Crippen LogP contribution in [0.4, 0.5) is 11.5 Å². The van der Waals surface area contributed by atoms with Crippen LogP contribution in [0.3, 0.4) is 0 Å². The van der Waals surface area contributed by atoms with Crippen molar-refractivity contribution in [1.29, 1.82) is 0 Å². The summed E-state index contributed by atoms with van der Waals surface area (Å²) in [5.74, 6) is -1.90. The van der Waals surface area contributed by atoms with Gasteiger partial charge in [0.15, 0.2) is 5.82 Å². The van der Waals surface area contributed by atoms with E-state index >= 15 is 0 Å². The molecule has 0 aliphatic heterocycles. The van der Waals surface area contributed by atoms with E-state index < -0.39 is 28.0 Å². The molecule has 4 rings (SSSR count). The Morgan fingerprint density at radius 3 is 2.31 bits per heavy atom. The van der Waals surface area contributed by atoms with E-state index in [9.17, 15) is 9.59 Å². The molecule has 0 radical (unpaired) electrons. The summed E-state index contributed by atoms with van der Waals surface area (Å²) in [6.07, 6.45) is 4.32. The van der Waals surface area contributed by atoms with Gasteiger partial charge >= 0.3 is 0 Å². The number of benzene rings is 2. The first-order chi connectivity index (χ1) is 15.2. The Bertz CT molecular complexity index is 1190. The third-order valence-electron chi connectivity index (χ3n) is 4.86. The van der Waals surface area contributed by atoms with Gasteiger partial charge in [-0.15, -0.1) is 23.2 Å². The van der Waals surface area contributed by atoms with Gasteiger partial charge in [0.25, 0.3) is 5.91 Å². The minimum absolute atomic E-state index is 0.145. The van der Waals surface area contributed by atoms with Gasteiger partial charge in [-0.2, -0.15) is 0 Å². The fourth-order valence-electron chi connectivity index (χ4n) is 3.37. The predicted molar refractivity (Wildman–Crippen MR) is 127 cm³/mol. The van der Waals surface area contributed by atoms with E-state index in [2.05, 4.69) is 20.6 Å². The van der Waals surface area contributed by atoms with Gasteiger partial charge in [0.05, 0.1) is 22.7 Å². The zero-order valence-corrected chi connectivity index (χ0v) is 19.7. The number of amides is 2. The number of carbonyl (C=O) groups is 2. The van der Waals surface area contributed by atoms with Crippen LogP contribution in [0.2, 0.25) is 15.1 Å². The highest BCUT2D eigenvalue weighted by Gasteiger charge is 2.67. The number of nitrogens with zero attached hydrogens (tertiary/aromatic N) is 2. The van der Waals surface area contributed by atoms with Crippen LogP contribution in [0.1, 0.15) is 21.8 Å². The molecule has 0 spiro atoms. The number of nitrogens with one attached hydrogen (secondary N) is 2. The standard InChI is InChI=1S/C21H13Cl5N4O2/c22-11-5-10(6-12(23)7-11)17-18(21(17,25)26)20(32)29-13-1-2-15(24)14(8-13)19(31)30-16-9-27-3-4-28-16/h1-9,17-18H,(H,29,32)(H,28,30,31). The molecule has 1 heterocycles. The zero-order chi connectivity index (χ0) is 23.0. The first kappa shape index (κ1) is 23.1. The van der Waals surface area contributed by atoms with Gasteiger partial charge in [-0.25, -0.2) is 4.98 Å². The Morgan fingerprint density at radius 1 is 0.938 bits per heavy atom. The molecular formula is C21H13Cl5N4O2. The molecule has 1 aromatic heterocycles. The van der Waals surface area contributed by atoms with Crippen molar-refractivity contribution in [3.63, 3.8) is 0 Å². The van der Waals surface area contributed by atoms with Gasteiger partial charge in [-0.1, -0.05) is 34.8 Å². The molecule has 2 unspecified atom stereocenters. The highest BCUT2D eigenvalue weighted by atomic mass is 35.5. The lowest BCUT2D eigenvalue weighted by molar-refractivity contribution is -0.117. The fourth-order valence-corrected chi connectivity index (χ4v) is 4.94. The average Bonchev–Trinajstić information content (AvgIpc) is 3.31. The third-order valence-corrected chi connectivity index (χ3v) is 6.57. The molecule has 164 valence electrons. The van der Waals surface area contributed by atoms with E-state index in [1.165, 1.54) is 30.7 Å². The first-order valence-electron chi connectivity index (χ1n) is 9.18. The minimum Gasteiger partial charge on any atom is -0.326 e.